The summed E-state index contributed by atoms with van der Waals surface area (Å²) >= 11 is 0. The first kappa shape index (κ1) is 23.8. The van der Waals surface area contributed by atoms with Gasteiger partial charge in [0.15, 0.2) is 0 Å². The number of fused-ring (bicyclic) bond motifs is 3. The van der Waals surface area contributed by atoms with Gasteiger partial charge in [0.25, 0.3) is 0 Å². The zero-order chi connectivity index (χ0) is 24.3. The van der Waals surface area contributed by atoms with Crippen molar-refractivity contribution in [2.24, 2.45) is 0 Å². The Morgan fingerprint density at radius 3 is 2.32 bits per heavy atom. The van der Waals surface area contributed by atoms with Crippen LogP contribution in [0.15, 0.2) is 48.5 Å². The van der Waals surface area contributed by atoms with Gasteiger partial charge in [0.05, 0.1) is 12.5 Å². The summed E-state index contributed by atoms with van der Waals surface area (Å²) < 4.78 is 10.9. The van der Waals surface area contributed by atoms with Crippen LogP contribution in [-0.4, -0.2) is 66.4 Å². The Morgan fingerprint density at radius 1 is 1.12 bits per heavy atom. The SMILES string of the molecule is COC(CNC(=O)OCC1c2ccccc2-c2ccccc21)CC(=O)N1CCC[C@]1(C)C(=O)O. The van der Waals surface area contributed by atoms with Gasteiger partial charge in [-0.15, -0.1) is 0 Å². The van der Waals surface area contributed by atoms with Gasteiger partial charge in [0.2, 0.25) is 5.91 Å². The number of carboxylic acids is 1. The Kier molecular flexibility index (Phi) is 6.88. The highest BCUT2D eigenvalue weighted by Gasteiger charge is 2.46. The molecule has 34 heavy (non-hydrogen) atoms. The maximum atomic E-state index is 12.8. The number of rotatable bonds is 8. The van der Waals surface area contributed by atoms with Crippen molar-refractivity contribution in [3.63, 3.8) is 0 Å². The van der Waals surface area contributed by atoms with Crippen molar-refractivity contribution in [2.75, 3.05) is 26.8 Å². The fraction of sp³-hybridized carbons (Fsp3) is 0.423. The second-order valence-electron chi connectivity index (χ2n) is 9.00. The molecule has 1 aliphatic heterocycles. The van der Waals surface area contributed by atoms with Crippen molar-refractivity contribution in [3.8, 4) is 11.1 Å². The van der Waals surface area contributed by atoms with Crippen LogP contribution >= 0.6 is 0 Å². The van der Waals surface area contributed by atoms with Gasteiger partial charge < -0.3 is 24.8 Å². The molecule has 0 aromatic heterocycles. The normalized spacial score (nSPS) is 19.9. The predicted molar refractivity (Wildman–Crippen MR) is 125 cm³/mol. The van der Waals surface area contributed by atoms with Gasteiger partial charge in [0.1, 0.15) is 12.1 Å². The number of nitrogens with zero attached hydrogens (tertiary/aromatic N) is 1. The minimum absolute atomic E-state index is 0.0248. The first-order valence-corrected chi connectivity index (χ1v) is 11.5. The van der Waals surface area contributed by atoms with Crippen molar-refractivity contribution in [1.82, 2.24) is 10.2 Å². The van der Waals surface area contributed by atoms with E-state index in [1.54, 1.807) is 6.92 Å². The van der Waals surface area contributed by atoms with E-state index >= 15 is 0 Å². The van der Waals surface area contributed by atoms with Crippen LogP contribution in [0.5, 0.6) is 0 Å². The molecule has 0 bridgehead atoms. The van der Waals surface area contributed by atoms with E-state index in [1.807, 2.05) is 24.3 Å². The summed E-state index contributed by atoms with van der Waals surface area (Å²) in [5.74, 6) is -1.35. The Hall–Kier alpha value is -3.39. The summed E-state index contributed by atoms with van der Waals surface area (Å²) in [6.07, 6.45) is -0.142. The van der Waals surface area contributed by atoms with Gasteiger partial charge in [-0.05, 0) is 42.0 Å². The Morgan fingerprint density at radius 2 is 1.74 bits per heavy atom. The number of alkyl carbamates (subject to hydrolysis) is 1. The number of hydrogen-bond donors (Lipinski definition) is 2. The molecule has 2 N–H and O–H groups in total. The number of carbonyl (C=O) groups is 3. The van der Waals surface area contributed by atoms with Gasteiger partial charge in [-0.2, -0.15) is 0 Å². The average molecular weight is 467 g/mol. The number of likely N-dealkylation sites (tertiary alicyclic amines) is 1. The van der Waals surface area contributed by atoms with Crippen LogP contribution < -0.4 is 5.32 Å². The number of methoxy groups -OCH3 is 1. The third kappa shape index (κ3) is 4.50. The molecule has 0 spiro atoms. The summed E-state index contributed by atoms with van der Waals surface area (Å²) in [7, 11) is 1.46. The monoisotopic (exact) mass is 466 g/mol. The van der Waals surface area contributed by atoms with Crippen molar-refractivity contribution >= 4 is 18.0 Å². The summed E-state index contributed by atoms with van der Waals surface area (Å²) in [5.41, 5.74) is 3.36. The summed E-state index contributed by atoms with van der Waals surface area (Å²) in [5, 5.41) is 12.2. The maximum Gasteiger partial charge on any atom is 0.407 e. The average Bonchev–Trinajstić information content (AvgIpc) is 3.39. The molecular weight excluding hydrogens is 436 g/mol. The van der Waals surface area contributed by atoms with Crippen molar-refractivity contribution in [2.45, 2.75) is 43.7 Å². The zero-order valence-electron chi connectivity index (χ0n) is 19.5. The van der Waals surface area contributed by atoms with Crippen LogP contribution in [0.2, 0.25) is 0 Å². The van der Waals surface area contributed by atoms with Gasteiger partial charge in [-0.1, -0.05) is 48.5 Å². The minimum Gasteiger partial charge on any atom is -0.480 e. The highest BCUT2D eigenvalue weighted by atomic mass is 16.5. The van der Waals surface area contributed by atoms with Crippen LogP contribution in [0.1, 0.15) is 43.2 Å². The van der Waals surface area contributed by atoms with Crippen LogP contribution in [0.25, 0.3) is 11.1 Å². The molecular formula is C26H30N2O6. The van der Waals surface area contributed by atoms with E-state index in [0.29, 0.717) is 19.4 Å². The van der Waals surface area contributed by atoms with Gasteiger partial charge in [-0.25, -0.2) is 9.59 Å². The Balaban J connectivity index is 1.31. The second kappa shape index (κ2) is 9.85. The topological polar surface area (TPSA) is 105 Å². The van der Waals surface area contributed by atoms with E-state index in [2.05, 4.69) is 29.6 Å². The maximum absolute atomic E-state index is 12.8. The predicted octanol–water partition coefficient (Wildman–Crippen LogP) is 3.40. The molecule has 2 aliphatic rings. The highest BCUT2D eigenvalue weighted by Crippen LogP contribution is 2.44. The summed E-state index contributed by atoms with van der Waals surface area (Å²) in [6.45, 7) is 2.24. The molecule has 2 aromatic carbocycles. The van der Waals surface area contributed by atoms with E-state index in [0.717, 1.165) is 22.3 Å². The molecule has 0 saturated carbocycles. The van der Waals surface area contributed by atoms with Crippen LogP contribution in [0, 0.1) is 0 Å². The quantitative estimate of drug-likeness (QED) is 0.618. The zero-order valence-corrected chi connectivity index (χ0v) is 19.5. The number of benzene rings is 2. The van der Waals surface area contributed by atoms with E-state index in [-0.39, 0.29) is 31.4 Å². The molecule has 2 aromatic rings. The third-order valence-corrected chi connectivity index (χ3v) is 6.96. The lowest BCUT2D eigenvalue weighted by Gasteiger charge is -2.32. The fourth-order valence-electron chi connectivity index (χ4n) is 4.98. The molecule has 1 saturated heterocycles. The Bertz CT molecular complexity index is 1040. The van der Waals surface area contributed by atoms with E-state index in [9.17, 15) is 19.5 Å². The minimum atomic E-state index is -1.20. The molecule has 180 valence electrons. The van der Waals surface area contributed by atoms with Crippen molar-refractivity contribution in [1.29, 1.82) is 0 Å². The summed E-state index contributed by atoms with van der Waals surface area (Å²) in [4.78, 5) is 38.2. The van der Waals surface area contributed by atoms with Crippen molar-refractivity contribution < 1.29 is 29.0 Å². The molecule has 4 rings (SSSR count). The third-order valence-electron chi connectivity index (χ3n) is 6.96. The van der Waals surface area contributed by atoms with Crippen LogP contribution in [-0.2, 0) is 19.1 Å². The smallest absolute Gasteiger partial charge is 0.407 e. The number of ether oxygens (including phenoxy) is 2. The fourth-order valence-corrected chi connectivity index (χ4v) is 4.98. The first-order valence-electron chi connectivity index (χ1n) is 11.5. The van der Waals surface area contributed by atoms with E-state index in [4.69, 9.17) is 9.47 Å². The molecule has 2 atom stereocenters. The van der Waals surface area contributed by atoms with Crippen LogP contribution in [0.4, 0.5) is 4.79 Å². The van der Waals surface area contributed by atoms with Gasteiger partial charge in [-0.3, -0.25) is 4.79 Å². The molecule has 1 aliphatic carbocycles. The number of carbonyl (C=O) groups excluding carboxylic acids is 2. The molecule has 8 heteroatoms. The molecule has 8 nitrogen and oxygen atoms in total. The lowest BCUT2D eigenvalue weighted by atomic mass is 9.98. The van der Waals surface area contributed by atoms with E-state index < -0.39 is 23.7 Å². The molecule has 2 amide bonds. The second-order valence-corrected chi connectivity index (χ2v) is 9.00. The number of aliphatic carboxylic acids is 1. The molecule has 1 heterocycles. The number of carboxylic acid groups (broad SMARTS) is 1. The standard InChI is InChI=1S/C26H30N2O6/c1-26(24(30)31)12-7-13-28(26)23(29)14-17(33-2)15-27-25(32)34-16-22-20-10-5-3-8-18(20)19-9-4-6-11-21(19)22/h3-6,8-11,17,22H,7,12-16H2,1-2H3,(H,27,32)(H,30,31)/t17?,26-/m1/s1. The molecule has 1 unspecified atom stereocenters. The van der Waals surface area contributed by atoms with E-state index in [1.165, 1.54) is 12.0 Å². The van der Waals surface area contributed by atoms with Crippen molar-refractivity contribution in [3.05, 3.63) is 59.7 Å². The lowest BCUT2D eigenvalue weighted by Crippen LogP contribution is -2.51. The number of nitrogens with one attached hydrogen (secondary N) is 1. The largest absolute Gasteiger partial charge is 0.480 e. The molecule has 1 fully saturated rings. The number of hydrogen-bond acceptors (Lipinski definition) is 5. The number of amides is 2. The Labute approximate surface area is 198 Å². The summed E-state index contributed by atoms with van der Waals surface area (Å²) in [6, 6.07) is 16.2. The van der Waals surface area contributed by atoms with Gasteiger partial charge in [0, 0.05) is 26.1 Å². The highest BCUT2D eigenvalue weighted by molar-refractivity contribution is 5.87. The van der Waals surface area contributed by atoms with Crippen LogP contribution in [0.3, 0.4) is 0 Å². The lowest BCUT2D eigenvalue weighted by molar-refractivity contribution is -0.156. The molecule has 0 radical (unpaired) electrons. The first-order chi connectivity index (χ1) is 16.3. The van der Waals surface area contributed by atoms with Gasteiger partial charge >= 0.3 is 12.1 Å².